The Kier molecular flexibility index (Phi) is 4.65. The Morgan fingerprint density at radius 1 is 1.04 bits per heavy atom. The maximum absolute atomic E-state index is 13.0. The van der Waals surface area contributed by atoms with Crippen molar-refractivity contribution < 1.29 is 4.79 Å². The molecular formula is C20H22N4O. The summed E-state index contributed by atoms with van der Waals surface area (Å²) in [7, 11) is 0. The summed E-state index contributed by atoms with van der Waals surface area (Å²) in [4.78, 5) is 16.3. The molecule has 5 heteroatoms. The van der Waals surface area contributed by atoms with Gasteiger partial charge < -0.3 is 4.90 Å². The SMILES string of the molecule is CCN(C(=O)c1nn(-c2ccc(C)cc2C)nc1C)c1ccccc1. The lowest BCUT2D eigenvalue weighted by Crippen LogP contribution is -2.31. The summed E-state index contributed by atoms with van der Waals surface area (Å²) in [6, 6.07) is 15.7. The van der Waals surface area contributed by atoms with Crippen molar-refractivity contribution in [3.63, 3.8) is 0 Å². The first-order chi connectivity index (χ1) is 12.0. The molecule has 5 nitrogen and oxygen atoms in total. The molecular weight excluding hydrogens is 312 g/mol. The first kappa shape index (κ1) is 16.9. The number of hydrogen-bond donors (Lipinski definition) is 0. The van der Waals surface area contributed by atoms with Crippen LogP contribution in [0.5, 0.6) is 0 Å². The average molecular weight is 334 g/mol. The third-order valence-corrected chi connectivity index (χ3v) is 4.18. The van der Waals surface area contributed by atoms with Crippen molar-refractivity contribution in [2.24, 2.45) is 0 Å². The fourth-order valence-electron chi connectivity index (χ4n) is 2.89. The predicted octanol–water partition coefficient (Wildman–Crippen LogP) is 3.86. The Morgan fingerprint density at radius 2 is 1.76 bits per heavy atom. The Morgan fingerprint density at radius 3 is 2.40 bits per heavy atom. The zero-order chi connectivity index (χ0) is 18.0. The van der Waals surface area contributed by atoms with Gasteiger partial charge in [-0.15, -0.1) is 5.10 Å². The summed E-state index contributed by atoms with van der Waals surface area (Å²) in [5.41, 5.74) is 5.00. The van der Waals surface area contributed by atoms with Gasteiger partial charge in [0, 0.05) is 12.2 Å². The van der Waals surface area contributed by atoms with Crippen molar-refractivity contribution in [3.8, 4) is 5.69 Å². The van der Waals surface area contributed by atoms with Crippen LogP contribution in [0.3, 0.4) is 0 Å². The van der Waals surface area contributed by atoms with E-state index in [0.29, 0.717) is 17.9 Å². The molecule has 0 aliphatic heterocycles. The first-order valence-corrected chi connectivity index (χ1v) is 8.39. The highest BCUT2D eigenvalue weighted by molar-refractivity contribution is 6.05. The van der Waals surface area contributed by atoms with E-state index in [0.717, 1.165) is 16.9 Å². The topological polar surface area (TPSA) is 51.0 Å². The molecule has 1 amide bonds. The molecule has 0 aliphatic rings. The number of carbonyl (C=O) groups excluding carboxylic acids is 1. The molecule has 0 fully saturated rings. The summed E-state index contributed by atoms with van der Waals surface area (Å²) in [5.74, 6) is -0.137. The molecule has 0 spiro atoms. The molecule has 0 aliphatic carbocycles. The van der Waals surface area contributed by atoms with Crippen LogP contribution in [-0.4, -0.2) is 27.4 Å². The second kappa shape index (κ2) is 6.89. The quantitative estimate of drug-likeness (QED) is 0.728. The van der Waals surface area contributed by atoms with Crippen LogP contribution in [0, 0.1) is 20.8 Å². The molecule has 128 valence electrons. The fourth-order valence-corrected chi connectivity index (χ4v) is 2.89. The van der Waals surface area contributed by atoms with Gasteiger partial charge in [-0.1, -0.05) is 35.9 Å². The zero-order valence-electron chi connectivity index (χ0n) is 15.0. The Labute approximate surface area is 147 Å². The van der Waals surface area contributed by atoms with Gasteiger partial charge in [-0.25, -0.2) is 0 Å². The average Bonchev–Trinajstić information content (AvgIpc) is 2.98. The fraction of sp³-hybridized carbons (Fsp3) is 0.250. The molecule has 0 saturated carbocycles. The van der Waals surface area contributed by atoms with E-state index in [4.69, 9.17) is 0 Å². The van der Waals surface area contributed by atoms with E-state index in [1.54, 1.807) is 9.70 Å². The molecule has 0 bridgehead atoms. The molecule has 0 N–H and O–H groups in total. The zero-order valence-corrected chi connectivity index (χ0v) is 15.0. The van der Waals surface area contributed by atoms with Gasteiger partial charge in [0.1, 0.15) is 0 Å². The van der Waals surface area contributed by atoms with Crippen molar-refractivity contribution in [3.05, 3.63) is 71.0 Å². The van der Waals surface area contributed by atoms with E-state index >= 15 is 0 Å². The summed E-state index contributed by atoms with van der Waals surface area (Å²) < 4.78 is 0. The third kappa shape index (κ3) is 3.31. The molecule has 25 heavy (non-hydrogen) atoms. The van der Waals surface area contributed by atoms with Crippen molar-refractivity contribution in [1.82, 2.24) is 15.0 Å². The molecule has 3 aromatic rings. The molecule has 3 rings (SSSR count). The molecule has 2 aromatic carbocycles. The number of aromatic nitrogens is 3. The van der Waals surface area contributed by atoms with E-state index in [1.165, 1.54) is 5.56 Å². The Bertz CT molecular complexity index is 899. The van der Waals surface area contributed by atoms with Gasteiger partial charge in [0.25, 0.3) is 5.91 Å². The predicted molar refractivity (Wildman–Crippen MR) is 99.4 cm³/mol. The number of para-hydroxylation sites is 1. The minimum Gasteiger partial charge on any atom is -0.307 e. The van der Waals surface area contributed by atoms with Crippen molar-refractivity contribution >= 4 is 11.6 Å². The van der Waals surface area contributed by atoms with Gasteiger partial charge in [0.05, 0.1) is 11.4 Å². The van der Waals surface area contributed by atoms with Crippen LogP contribution in [0.4, 0.5) is 5.69 Å². The van der Waals surface area contributed by atoms with E-state index in [1.807, 2.05) is 70.2 Å². The second-order valence-electron chi connectivity index (χ2n) is 6.10. The monoisotopic (exact) mass is 334 g/mol. The summed E-state index contributed by atoms with van der Waals surface area (Å²) in [5, 5.41) is 8.94. The molecule has 1 heterocycles. The van der Waals surface area contributed by atoms with Gasteiger partial charge in [-0.2, -0.15) is 9.90 Å². The number of anilines is 1. The molecule has 0 saturated heterocycles. The van der Waals surface area contributed by atoms with Crippen LogP contribution in [-0.2, 0) is 0 Å². The largest absolute Gasteiger partial charge is 0.307 e. The molecule has 0 atom stereocenters. The Hall–Kier alpha value is -2.95. The van der Waals surface area contributed by atoms with Crippen LogP contribution in [0.1, 0.15) is 34.2 Å². The minimum atomic E-state index is -0.137. The number of benzene rings is 2. The lowest BCUT2D eigenvalue weighted by molar-refractivity contribution is 0.0982. The van der Waals surface area contributed by atoms with Crippen molar-refractivity contribution in [2.75, 3.05) is 11.4 Å². The van der Waals surface area contributed by atoms with E-state index in [2.05, 4.69) is 16.3 Å². The molecule has 1 aromatic heterocycles. The summed E-state index contributed by atoms with van der Waals surface area (Å²) in [6.45, 7) is 8.41. The van der Waals surface area contributed by atoms with Crippen molar-refractivity contribution in [1.29, 1.82) is 0 Å². The van der Waals surface area contributed by atoms with Crippen LogP contribution in [0.2, 0.25) is 0 Å². The van der Waals surface area contributed by atoms with E-state index in [9.17, 15) is 4.79 Å². The number of hydrogen-bond acceptors (Lipinski definition) is 3. The highest BCUT2D eigenvalue weighted by Gasteiger charge is 2.23. The van der Waals surface area contributed by atoms with Gasteiger partial charge in [0.15, 0.2) is 5.69 Å². The normalized spacial score (nSPS) is 10.7. The lowest BCUT2D eigenvalue weighted by atomic mass is 10.1. The Balaban J connectivity index is 1.98. The molecule has 0 radical (unpaired) electrons. The standard InChI is InChI=1S/C20H22N4O/c1-5-23(17-9-7-6-8-10-17)20(25)19-16(4)21-24(22-19)18-12-11-14(2)13-15(18)3/h6-13H,5H2,1-4H3. The minimum absolute atomic E-state index is 0.137. The third-order valence-electron chi connectivity index (χ3n) is 4.18. The number of nitrogens with zero attached hydrogens (tertiary/aromatic N) is 4. The molecule has 0 unspecified atom stereocenters. The smallest absolute Gasteiger partial charge is 0.280 e. The number of aryl methyl sites for hydroxylation is 3. The van der Waals surface area contributed by atoms with E-state index < -0.39 is 0 Å². The van der Waals surface area contributed by atoms with Crippen molar-refractivity contribution in [2.45, 2.75) is 27.7 Å². The summed E-state index contributed by atoms with van der Waals surface area (Å²) >= 11 is 0. The van der Waals surface area contributed by atoms with Crippen LogP contribution in [0.25, 0.3) is 5.69 Å². The van der Waals surface area contributed by atoms with Gasteiger partial charge in [-0.3, -0.25) is 4.79 Å². The van der Waals surface area contributed by atoms with Gasteiger partial charge >= 0.3 is 0 Å². The number of carbonyl (C=O) groups is 1. The summed E-state index contributed by atoms with van der Waals surface area (Å²) in [6.07, 6.45) is 0. The van der Waals surface area contributed by atoms with Gasteiger partial charge in [-0.05, 0) is 51.5 Å². The highest BCUT2D eigenvalue weighted by atomic mass is 16.2. The van der Waals surface area contributed by atoms with Gasteiger partial charge in [0.2, 0.25) is 0 Å². The second-order valence-corrected chi connectivity index (χ2v) is 6.10. The number of amides is 1. The lowest BCUT2D eigenvalue weighted by Gasteiger charge is -2.19. The van der Waals surface area contributed by atoms with Crippen LogP contribution < -0.4 is 4.90 Å². The first-order valence-electron chi connectivity index (χ1n) is 8.39. The maximum Gasteiger partial charge on any atom is 0.280 e. The maximum atomic E-state index is 13.0. The van der Waals surface area contributed by atoms with Crippen LogP contribution in [0.15, 0.2) is 48.5 Å². The highest BCUT2D eigenvalue weighted by Crippen LogP contribution is 2.19. The van der Waals surface area contributed by atoms with E-state index in [-0.39, 0.29) is 5.91 Å². The number of rotatable bonds is 4. The van der Waals surface area contributed by atoms with Crippen LogP contribution >= 0.6 is 0 Å².